The highest BCUT2D eigenvalue weighted by molar-refractivity contribution is 7.98. The first kappa shape index (κ1) is 18.5. The van der Waals surface area contributed by atoms with Crippen LogP contribution in [0, 0.1) is 5.92 Å². The molecule has 3 rings (SSSR count). The Balaban J connectivity index is 1.56. The van der Waals surface area contributed by atoms with Crippen molar-refractivity contribution >= 4 is 29.3 Å². The van der Waals surface area contributed by atoms with Crippen molar-refractivity contribution in [3.63, 3.8) is 0 Å². The molecule has 0 aliphatic carbocycles. The van der Waals surface area contributed by atoms with E-state index < -0.39 is 0 Å². The smallest absolute Gasteiger partial charge is 0.227 e. The Morgan fingerprint density at radius 3 is 2.54 bits per heavy atom. The number of anilines is 1. The van der Waals surface area contributed by atoms with Gasteiger partial charge in [0.25, 0.3) is 0 Å². The van der Waals surface area contributed by atoms with E-state index in [4.69, 9.17) is 0 Å². The van der Waals surface area contributed by atoms with Crippen molar-refractivity contribution in [1.82, 2.24) is 5.32 Å². The first-order valence-electron chi connectivity index (χ1n) is 8.85. The molecule has 0 saturated carbocycles. The second-order valence-corrected chi connectivity index (χ2v) is 7.54. The predicted molar refractivity (Wildman–Crippen MR) is 107 cm³/mol. The number of benzene rings is 2. The third-order valence-electron chi connectivity index (χ3n) is 4.83. The zero-order chi connectivity index (χ0) is 18.5. The van der Waals surface area contributed by atoms with Crippen LogP contribution in [0.3, 0.4) is 0 Å². The predicted octanol–water partition coefficient (Wildman–Crippen LogP) is 3.68. The van der Waals surface area contributed by atoms with Crippen LogP contribution in [0.5, 0.6) is 0 Å². The molecule has 1 aliphatic rings. The van der Waals surface area contributed by atoms with Gasteiger partial charge in [0, 0.05) is 30.1 Å². The molecule has 5 heteroatoms. The molecular weight excluding hydrogens is 344 g/mol. The molecule has 1 saturated heterocycles. The van der Waals surface area contributed by atoms with E-state index in [1.807, 2.05) is 48.7 Å². The van der Waals surface area contributed by atoms with Crippen LogP contribution < -0.4 is 10.2 Å². The average molecular weight is 369 g/mol. The quantitative estimate of drug-likeness (QED) is 0.791. The molecule has 2 aromatic rings. The van der Waals surface area contributed by atoms with Crippen LogP contribution >= 0.6 is 11.8 Å². The fraction of sp³-hybridized carbons (Fsp3) is 0.333. The summed E-state index contributed by atoms with van der Waals surface area (Å²) in [6.07, 6.45) is 2.29. The molecule has 2 aromatic carbocycles. The van der Waals surface area contributed by atoms with Crippen LogP contribution in [0.2, 0.25) is 0 Å². The van der Waals surface area contributed by atoms with Crippen molar-refractivity contribution in [2.45, 2.75) is 24.2 Å². The highest BCUT2D eigenvalue weighted by atomic mass is 32.2. The minimum Gasteiger partial charge on any atom is -0.355 e. The van der Waals surface area contributed by atoms with Crippen LogP contribution in [0.25, 0.3) is 0 Å². The van der Waals surface area contributed by atoms with E-state index in [0.29, 0.717) is 13.1 Å². The third kappa shape index (κ3) is 4.28. The number of hydrogen-bond acceptors (Lipinski definition) is 3. The second-order valence-electron chi connectivity index (χ2n) is 6.66. The maximum absolute atomic E-state index is 12.5. The lowest BCUT2D eigenvalue weighted by Crippen LogP contribution is -2.35. The van der Waals surface area contributed by atoms with Gasteiger partial charge in [0.15, 0.2) is 0 Å². The second kappa shape index (κ2) is 8.41. The molecule has 0 bridgehead atoms. The lowest BCUT2D eigenvalue weighted by Gasteiger charge is -2.18. The first-order valence-corrected chi connectivity index (χ1v) is 10.1. The molecule has 4 nitrogen and oxygen atoms in total. The van der Waals surface area contributed by atoms with E-state index >= 15 is 0 Å². The van der Waals surface area contributed by atoms with Crippen LogP contribution in [0.4, 0.5) is 5.69 Å². The van der Waals surface area contributed by atoms with Crippen LogP contribution in [-0.2, 0) is 9.59 Å². The first-order chi connectivity index (χ1) is 12.6. The number of thioether (sulfide) groups is 1. The Hall–Kier alpha value is -2.27. The fourth-order valence-electron chi connectivity index (χ4n) is 3.19. The van der Waals surface area contributed by atoms with E-state index in [9.17, 15) is 9.59 Å². The summed E-state index contributed by atoms with van der Waals surface area (Å²) in [5, 5.41) is 3.01. The molecule has 1 N–H and O–H groups in total. The standard InChI is InChI=1S/C21H24N2O2S/c1-15(16-6-4-3-5-7-16)13-22-21(25)17-12-20(24)23(14-17)18-8-10-19(26-2)11-9-18/h3-11,15,17H,12-14H2,1-2H3,(H,22,25). The number of carbonyl (C=O) groups excluding carboxylic acids is 2. The maximum Gasteiger partial charge on any atom is 0.227 e. The van der Waals surface area contributed by atoms with Gasteiger partial charge in [-0.3, -0.25) is 9.59 Å². The molecular formula is C21H24N2O2S. The number of nitrogens with one attached hydrogen (secondary N) is 1. The van der Waals surface area contributed by atoms with E-state index in [0.717, 1.165) is 10.6 Å². The largest absolute Gasteiger partial charge is 0.355 e. The van der Waals surface area contributed by atoms with Crippen molar-refractivity contribution in [3.8, 4) is 0 Å². The summed E-state index contributed by atoms with van der Waals surface area (Å²) in [5.41, 5.74) is 2.06. The molecule has 2 unspecified atom stereocenters. The zero-order valence-electron chi connectivity index (χ0n) is 15.1. The molecule has 1 heterocycles. The molecule has 0 radical (unpaired) electrons. The summed E-state index contributed by atoms with van der Waals surface area (Å²) >= 11 is 1.67. The number of carbonyl (C=O) groups is 2. The van der Waals surface area contributed by atoms with E-state index in [-0.39, 0.29) is 30.1 Å². The minimum absolute atomic E-state index is 0.0122. The van der Waals surface area contributed by atoms with Crippen molar-refractivity contribution in [2.24, 2.45) is 5.92 Å². The summed E-state index contributed by atoms with van der Waals surface area (Å²) in [5.74, 6) is -0.0688. The average Bonchev–Trinajstić information content (AvgIpc) is 3.08. The van der Waals surface area contributed by atoms with Gasteiger partial charge < -0.3 is 10.2 Å². The van der Waals surface area contributed by atoms with Gasteiger partial charge in [-0.1, -0.05) is 37.3 Å². The molecule has 1 aliphatic heterocycles. The van der Waals surface area contributed by atoms with Gasteiger partial charge in [0.05, 0.1) is 5.92 Å². The molecule has 2 amide bonds. The van der Waals surface area contributed by atoms with Crippen molar-refractivity contribution in [2.75, 3.05) is 24.2 Å². The molecule has 2 atom stereocenters. The van der Waals surface area contributed by atoms with Gasteiger partial charge in [0.2, 0.25) is 11.8 Å². The maximum atomic E-state index is 12.5. The van der Waals surface area contributed by atoms with Gasteiger partial charge in [0.1, 0.15) is 0 Å². The van der Waals surface area contributed by atoms with Gasteiger partial charge in [-0.05, 0) is 42.0 Å². The lowest BCUT2D eigenvalue weighted by atomic mass is 10.0. The van der Waals surface area contributed by atoms with Crippen LogP contribution in [-0.4, -0.2) is 31.2 Å². The Bertz CT molecular complexity index is 761. The summed E-state index contributed by atoms with van der Waals surface area (Å²) in [7, 11) is 0. The van der Waals surface area contributed by atoms with Gasteiger partial charge in [-0.25, -0.2) is 0 Å². The molecule has 1 fully saturated rings. The molecule has 0 spiro atoms. The fourth-order valence-corrected chi connectivity index (χ4v) is 3.60. The lowest BCUT2D eigenvalue weighted by molar-refractivity contribution is -0.126. The summed E-state index contributed by atoms with van der Waals surface area (Å²) in [6.45, 7) is 3.12. The third-order valence-corrected chi connectivity index (χ3v) is 5.57. The highest BCUT2D eigenvalue weighted by Gasteiger charge is 2.35. The Morgan fingerprint density at radius 2 is 1.88 bits per heavy atom. The number of amides is 2. The molecule has 26 heavy (non-hydrogen) atoms. The SMILES string of the molecule is CSc1ccc(N2CC(C(=O)NCC(C)c3ccccc3)CC2=O)cc1. The van der Waals surface area contributed by atoms with Gasteiger partial charge in [-0.2, -0.15) is 0 Å². The Kier molecular flexibility index (Phi) is 5.99. The normalized spacial score (nSPS) is 18.0. The highest BCUT2D eigenvalue weighted by Crippen LogP contribution is 2.27. The van der Waals surface area contributed by atoms with Gasteiger partial charge >= 0.3 is 0 Å². The number of rotatable bonds is 6. The Morgan fingerprint density at radius 1 is 1.19 bits per heavy atom. The summed E-state index contributed by atoms with van der Waals surface area (Å²) in [4.78, 5) is 27.7. The molecule has 0 aromatic heterocycles. The van der Waals surface area contributed by atoms with E-state index in [1.165, 1.54) is 5.56 Å². The Labute approximate surface area is 159 Å². The van der Waals surface area contributed by atoms with E-state index in [1.54, 1.807) is 16.7 Å². The minimum atomic E-state index is -0.286. The number of hydrogen-bond donors (Lipinski definition) is 1. The van der Waals surface area contributed by atoms with E-state index in [2.05, 4.69) is 24.4 Å². The topological polar surface area (TPSA) is 49.4 Å². The van der Waals surface area contributed by atoms with Crippen molar-refractivity contribution in [1.29, 1.82) is 0 Å². The van der Waals surface area contributed by atoms with Crippen molar-refractivity contribution in [3.05, 3.63) is 60.2 Å². The summed E-state index contributed by atoms with van der Waals surface area (Å²) in [6, 6.07) is 18.0. The monoisotopic (exact) mass is 368 g/mol. The van der Waals surface area contributed by atoms with Crippen molar-refractivity contribution < 1.29 is 9.59 Å². The zero-order valence-corrected chi connectivity index (χ0v) is 16.0. The van der Waals surface area contributed by atoms with Gasteiger partial charge in [-0.15, -0.1) is 11.8 Å². The van der Waals surface area contributed by atoms with Crippen LogP contribution in [0.1, 0.15) is 24.8 Å². The molecule has 136 valence electrons. The number of nitrogens with zero attached hydrogens (tertiary/aromatic N) is 1. The summed E-state index contributed by atoms with van der Waals surface area (Å²) < 4.78 is 0. The van der Waals surface area contributed by atoms with Crippen LogP contribution in [0.15, 0.2) is 59.5 Å².